The molecule has 0 aliphatic rings. The number of hydrogen-bond acceptors (Lipinski definition) is 4. The van der Waals surface area contributed by atoms with Crippen molar-refractivity contribution in [2.75, 3.05) is 14.2 Å². The van der Waals surface area contributed by atoms with Gasteiger partial charge in [-0.05, 0) is 19.3 Å². The normalized spacial score (nSPS) is 12.3. The third kappa shape index (κ3) is 4.46. The van der Waals surface area contributed by atoms with Gasteiger partial charge in [0, 0.05) is 3.92 Å². The van der Waals surface area contributed by atoms with Crippen molar-refractivity contribution >= 4 is 34.2 Å². The highest BCUT2D eigenvalue weighted by atomic mass is 127. The number of nitrogens with zero attached hydrogens (tertiary/aromatic N) is 2. The van der Waals surface area contributed by atoms with Gasteiger partial charge in [-0.15, -0.1) is 0 Å². The molecule has 0 bridgehead atoms. The summed E-state index contributed by atoms with van der Waals surface area (Å²) in [7, 11) is 3.07. The molecule has 0 saturated carbocycles. The number of hydrogen-bond donors (Lipinski definition) is 0. The maximum Gasteiger partial charge on any atom is 0.320 e. The summed E-state index contributed by atoms with van der Waals surface area (Å²) < 4.78 is 10.8. The molecule has 0 saturated heterocycles. The average molecular weight is 371 g/mol. The highest BCUT2D eigenvalue weighted by molar-refractivity contribution is 14.1. The van der Waals surface area contributed by atoms with Crippen LogP contribution >= 0.6 is 34.2 Å². The molecule has 6 heteroatoms. The standard InChI is InChI=1S/C11H16ClIN2O2/c1-7(13)5-4-6-8-9(12)14-11(17-3)15-10(8)16-2/h7H,4-6H2,1-3H3. The van der Waals surface area contributed by atoms with Gasteiger partial charge >= 0.3 is 6.01 Å². The fourth-order valence-corrected chi connectivity index (χ4v) is 2.14. The summed E-state index contributed by atoms with van der Waals surface area (Å²) in [6.45, 7) is 2.18. The Labute approximate surface area is 120 Å². The molecule has 0 radical (unpaired) electrons. The summed E-state index contributed by atoms with van der Waals surface area (Å²) in [5.74, 6) is 0.503. The van der Waals surface area contributed by atoms with E-state index in [1.807, 2.05) is 0 Å². The predicted molar refractivity (Wildman–Crippen MR) is 76.6 cm³/mol. The molecule has 1 unspecified atom stereocenters. The highest BCUT2D eigenvalue weighted by Crippen LogP contribution is 2.27. The molecule has 0 N–H and O–H groups in total. The zero-order valence-electron chi connectivity index (χ0n) is 10.2. The van der Waals surface area contributed by atoms with Gasteiger partial charge in [-0.3, -0.25) is 0 Å². The van der Waals surface area contributed by atoms with E-state index in [-0.39, 0.29) is 6.01 Å². The lowest BCUT2D eigenvalue weighted by atomic mass is 10.1. The van der Waals surface area contributed by atoms with Crippen LogP contribution in [0.1, 0.15) is 25.3 Å². The van der Waals surface area contributed by atoms with Gasteiger partial charge in [-0.25, -0.2) is 0 Å². The molecule has 1 aromatic rings. The van der Waals surface area contributed by atoms with E-state index in [0.717, 1.165) is 24.8 Å². The molecule has 0 aromatic carbocycles. The number of aromatic nitrogens is 2. The first-order chi connectivity index (χ1) is 8.08. The smallest absolute Gasteiger partial charge is 0.320 e. The van der Waals surface area contributed by atoms with Crippen LogP contribution in [0.4, 0.5) is 0 Å². The van der Waals surface area contributed by atoms with Crippen LogP contribution in [0.3, 0.4) is 0 Å². The Morgan fingerprint density at radius 2 is 2.00 bits per heavy atom. The van der Waals surface area contributed by atoms with Gasteiger partial charge < -0.3 is 9.47 Å². The van der Waals surface area contributed by atoms with Gasteiger partial charge in [-0.1, -0.05) is 41.1 Å². The minimum absolute atomic E-state index is 0.234. The number of methoxy groups -OCH3 is 2. The Hall–Kier alpha value is -0.300. The first-order valence-electron chi connectivity index (χ1n) is 5.37. The minimum Gasteiger partial charge on any atom is -0.481 e. The quantitative estimate of drug-likeness (QED) is 0.438. The summed E-state index contributed by atoms with van der Waals surface area (Å²) in [6, 6.07) is 0.234. The Morgan fingerprint density at radius 1 is 1.29 bits per heavy atom. The van der Waals surface area contributed by atoms with Crippen molar-refractivity contribution < 1.29 is 9.47 Å². The summed E-state index contributed by atoms with van der Waals surface area (Å²) in [5, 5.41) is 0.412. The Kier molecular flexibility index (Phi) is 6.26. The molecule has 0 spiro atoms. The second-order valence-corrected chi connectivity index (χ2v) is 6.15. The van der Waals surface area contributed by atoms with Gasteiger partial charge in [-0.2, -0.15) is 9.97 Å². The Morgan fingerprint density at radius 3 is 2.53 bits per heavy atom. The predicted octanol–water partition coefficient (Wildman–Crippen LogP) is 3.29. The van der Waals surface area contributed by atoms with Crippen molar-refractivity contribution in [2.45, 2.75) is 30.1 Å². The number of rotatable bonds is 6. The molecule has 0 amide bonds. The Balaban J connectivity index is 2.82. The van der Waals surface area contributed by atoms with E-state index < -0.39 is 0 Å². The first-order valence-corrected chi connectivity index (χ1v) is 6.99. The zero-order chi connectivity index (χ0) is 12.8. The molecule has 0 fully saturated rings. The van der Waals surface area contributed by atoms with E-state index in [0.29, 0.717) is 15.0 Å². The molecule has 96 valence electrons. The number of halogens is 2. The lowest BCUT2D eigenvalue weighted by molar-refractivity contribution is 0.348. The van der Waals surface area contributed by atoms with Crippen LogP contribution in [0.25, 0.3) is 0 Å². The van der Waals surface area contributed by atoms with Crippen LogP contribution in [0.2, 0.25) is 5.15 Å². The Bertz CT molecular complexity index is 375. The van der Waals surface area contributed by atoms with Gasteiger partial charge in [0.1, 0.15) is 5.15 Å². The molecular formula is C11H16ClIN2O2. The van der Waals surface area contributed by atoms with Crippen LogP contribution < -0.4 is 9.47 Å². The molecule has 1 rings (SSSR count). The van der Waals surface area contributed by atoms with Crippen molar-refractivity contribution in [1.82, 2.24) is 9.97 Å². The topological polar surface area (TPSA) is 44.2 Å². The molecule has 17 heavy (non-hydrogen) atoms. The fourth-order valence-electron chi connectivity index (χ4n) is 1.45. The SMILES string of the molecule is COc1nc(Cl)c(CCCC(C)I)c(OC)n1. The van der Waals surface area contributed by atoms with E-state index in [4.69, 9.17) is 21.1 Å². The van der Waals surface area contributed by atoms with E-state index in [1.54, 1.807) is 7.11 Å². The monoisotopic (exact) mass is 370 g/mol. The van der Waals surface area contributed by atoms with Gasteiger partial charge in [0.2, 0.25) is 5.88 Å². The van der Waals surface area contributed by atoms with Crippen molar-refractivity contribution in [3.8, 4) is 11.9 Å². The van der Waals surface area contributed by atoms with E-state index in [2.05, 4.69) is 39.5 Å². The highest BCUT2D eigenvalue weighted by Gasteiger charge is 2.14. The van der Waals surface area contributed by atoms with E-state index in [1.165, 1.54) is 7.11 Å². The largest absolute Gasteiger partial charge is 0.481 e. The van der Waals surface area contributed by atoms with E-state index in [9.17, 15) is 0 Å². The van der Waals surface area contributed by atoms with E-state index >= 15 is 0 Å². The third-order valence-electron chi connectivity index (χ3n) is 2.30. The summed E-state index contributed by atoms with van der Waals surface area (Å²) in [4.78, 5) is 8.17. The zero-order valence-corrected chi connectivity index (χ0v) is 13.1. The summed E-state index contributed by atoms with van der Waals surface area (Å²) >= 11 is 8.50. The molecular weight excluding hydrogens is 354 g/mol. The first kappa shape index (κ1) is 14.8. The fraction of sp³-hybridized carbons (Fsp3) is 0.636. The lowest BCUT2D eigenvalue weighted by Crippen LogP contribution is -2.02. The van der Waals surface area contributed by atoms with Gasteiger partial charge in [0.15, 0.2) is 0 Å². The number of alkyl halides is 1. The summed E-state index contributed by atoms with van der Waals surface area (Å²) in [6.07, 6.45) is 2.99. The molecule has 1 heterocycles. The maximum atomic E-state index is 6.09. The summed E-state index contributed by atoms with van der Waals surface area (Å²) in [5.41, 5.74) is 0.854. The second-order valence-electron chi connectivity index (χ2n) is 3.66. The molecule has 0 aliphatic heterocycles. The van der Waals surface area contributed by atoms with Crippen LogP contribution in [-0.4, -0.2) is 28.1 Å². The average Bonchev–Trinajstić information content (AvgIpc) is 2.30. The molecule has 4 nitrogen and oxygen atoms in total. The van der Waals surface area contributed by atoms with Crippen LogP contribution in [0, 0.1) is 0 Å². The van der Waals surface area contributed by atoms with Crippen molar-refractivity contribution in [3.63, 3.8) is 0 Å². The van der Waals surface area contributed by atoms with Crippen LogP contribution in [0.15, 0.2) is 0 Å². The van der Waals surface area contributed by atoms with Crippen molar-refractivity contribution in [2.24, 2.45) is 0 Å². The molecule has 1 aromatic heterocycles. The van der Waals surface area contributed by atoms with Crippen molar-refractivity contribution in [3.05, 3.63) is 10.7 Å². The number of ether oxygens (including phenoxy) is 2. The van der Waals surface area contributed by atoms with Gasteiger partial charge in [0.05, 0.1) is 19.8 Å². The third-order valence-corrected chi connectivity index (χ3v) is 3.24. The minimum atomic E-state index is 0.234. The second kappa shape index (κ2) is 7.20. The van der Waals surface area contributed by atoms with Crippen LogP contribution in [-0.2, 0) is 6.42 Å². The molecule has 0 aliphatic carbocycles. The van der Waals surface area contributed by atoms with Crippen molar-refractivity contribution in [1.29, 1.82) is 0 Å². The van der Waals surface area contributed by atoms with Gasteiger partial charge in [0.25, 0.3) is 0 Å². The molecule has 1 atom stereocenters. The maximum absolute atomic E-state index is 6.09. The lowest BCUT2D eigenvalue weighted by Gasteiger charge is -2.10. The van der Waals surface area contributed by atoms with Crippen LogP contribution in [0.5, 0.6) is 11.9 Å².